The Balaban J connectivity index is 1.57. The summed E-state index contributed by atoms with van der Waals surface area (Å²) >= 11 is 1.23. The summed E-state index contributed by atoms with van der Waals surface area (Å²) < 4.78 is 10.8. The van der Waals surface area contributed by atoms with Crippen molar-refractivity contribution in [3.8, 4) is 17.2 Å². The third-order valence-corrected chi connectivity index (χ3v) is 5.13. The first-order valence-corrected chi connectivity index (χ1v) is 10.5. The van der Waals surface area contributed by atoms with Crippen LogP contribution in [0.15, 0.2) is 64.2 Å². The van der Waals surface area contributed by atoms with Crippen LogP contribution in [0.4, 0.5) is 0 Å². The molecule has 0 spiro atoms. The predicted octanol–water partition coefficient (Wildman–Crippen LogP) is 4.74. The number of methoxy groups -OCH3 is 1. The third-order valence-electron chi connectivity index (χ3n) is 4.31. The lowest BCUT2D eigenvalue weighted by atomic mass is 9.97. The molecule has 0 aliphatic carbocycles. The van der Waals surface area contributed by atoms with Crippen molar-refractivity contribution in [1.29, 1.82) is 0 Å². The van der Waals surface area contributed by atoms with E-state index in [0.29, 0.717) is 17.0 Å². The second kappa shape index (κ2) is 10.1. The van der Waals surface area contributed by atoms with Crippen molar-refractivity contribution in [2.45, 2.75) is 31.5 Å². The predicted molar refractivity (Wildman–Crippen MR) is 114 cm³/mol. The molecule has 0 saturated heterocycles. The van der Waals surface area contributed by atoms with Gasteiger partial charge in [0.25, 0.3) is 5.22 Å². The zero-order valence-electron chi connectivity index (χ0n) is 16.8. The minimum Gasteiger partial charge on any atom is -0.497 e. The van der Waals surface area contributed by atoms with Crippen LogP contribution in [-0.2, 0) is 4.79 Å². The van der Waals surface area contributed by atoms with Crippen molar-refractivity contribution in [2.75, 3.05) is 12.9 Å². The molecule has 1 heterocycles. The average molecular weight is 412 g/mol. The summed E-state index contributed by atoms with van der Waals surface area (Å²) in [6.07, 6.45) is 0.878. The normalized spacial score (nSPS) is 12.0. The van der Waals surface area contributed by atoms with Gasteiger partial charge in [-0.25, -0.2) is 0 Å². The van der Waals surface area contributed by atoms with Crippen LogP contribution in [0.25, 0.3) is 11.5 Å². The van der Waals surface area contributed by atoms with Gasteiger partial charge in [0.05, 0.1) is 18.9 Å². The van der Waals surface area contributed by atoms with Gasteiger partial charge in [0.15, 0.2) is 0 Å². The molecule has 0 radical (unpaired) electrons. The van der Waals surface area contributed by atoms with Crippen molar-refractivity contribution < 1.29 is 13.9 Å². The monoisotopic (exact) mass is 411 g/mol. The lowest BCUT2D eigenvalue weighted by molar-refractivity contribution is -0.119. The minimum atomic E-state index is -0.0614. The summed E-state index contributed by atoms with van der Waals surface area (Å²) in [5.41, 5.74) is 1.91. The maximum Gasteiger partial charge on any atom is 0.277 e. The fourth-order valence-electron chi connectivity index (χ4n) is 2.92. The molecule has 3 rings (SSSR count). The lowest BCUT2D eigenvalue weighted by Gasteiger charge is -2.21. The maximum atomic E-state index is 12.5. The Kier molecular flexibility index (Phi) is 7.30. The summed E-state index contributed by atoms with van der Waals surface area (Å²) in [7, 11) is 1.62. The molecular weight excluding hydrogens is 386 g/mol. The first-order chi connectivity index (χ1) is 14.0. The van der Waals surface area contributed by atoms with E-state index in [4.69, 9.17) is 9.15 Å². The molecule has 0 fully saturated rings. The number of nitrogens with one attached hydrogen (secondary N) is 1. The van der Waals surface area contributed by atoms with Crippen LogP contribution >= 0.6 is 11.8 Å². The molecule has 0 bridgehead atoms. The highest BCUT2D eigenvalue weighted by Crippen LogP contribution is 2.25. The molecule has 1 N–H and O–H groups in total. The Labute approximate surface area is 175 Å². The summed E-state index contributed by atoms with van der Waals surface area (Å²) in [5, 5.41) is 11.6. The highest BCUT2D eigenvalue weighted by molar-refractivity contribution is 7.99. The van der Waals surface area contributed by atoms with Gasteiger partial charge < -0.3 is 14.5 Å². The number of amides is 1. The van der Waals surface area contributed by atoms with Crippen LogP contribution in [0.3, 0.4) is 0 Å². The van der Waals surface area contributed by atoms with Gasteiger partial charge in [-0.15, -0.1) is 10.2 Å². The van der Waals surface area contributed by atoms with E-state index in [2.05, 4.69) is 29.4 Å². The summed E-state index contributed by atoms with van der Waals surface area (Å²) in [4.78, 5) is 12.5. The molecule has 0 saturated carbocycles. The number of rotatable bonds is 9. The van der Waals surface area contributed by atoms with E-state index in [9.17, 15) is 4.79 Å². The van der Waals surface area contributed by atoms with Crippen LogP contribution < -0.4 is 10.1 Å². The van der Waals surface area contributed by atoms with E-state index >= 15 is 0 Å². The number of hydrogen-bond acceptors (Lipinski definition) is 6. The molecule has 0 aliphatic heterocycles. The van der Waals surface area contributed by atoms with Crippen molar-refractivity contribution in [3.63, 3.8) is 0 Å². The molecule has 29 heavy (non-hydrogen) atoms. The van der Waals surface area contributed by atoms with Crippen LogP contribution in [0.1, 0.15) is 31.9 Å². The van der Waals surface area contributed by atoms with Crippen molar-refractivity contribution >= 4 is 17.7 Å². The first-order valence-electron chi connectivity index (χ1n) is 9.50. The largest absolute Gasteiger partial charge is 0.497 e. The minimum absolute atomic E-state index is 0.0122. The number of carbonyl (C=O) groups is 1. The third kappa shape index (κ3) is 6.09. The zero-order chi connectivity index (χ0) is 20.6. The Bertz CT molecular complexity index is 911. The van der Waals surface area contributed by atoms with E-state index < -0.39 is 0 Å². The maximum absolute atomic E-state index is 12.5. The molecule has 0 aliphatic rings. The summed E-state index contributed by atoms with van der Waals surface area (Å²) in [5.74, 6) is 1.79. The SMILES string of the molecule is COc1ccc(-c2nnc(SCC(=O)NC(CC(C)C)c3ccccc3)o2)cc1. The van der Waals surface area contributed by atoms with Gasteiger partial charge in [-0.2, -0.15) is 0 Å². The van der Waals surface area contributed by atoms with E-state index in [-0.39, 0.29) is 17.7 Å². The number of thioether (sulfide) groups is 1. The van der Waals surface area contributed by atoms with Crippen LogP contribution in [0.5, 0.6) is 5.75 Å². The van der Waals surface area contributed by atoms with Crippen molar-refractivity contribution in [3.05, 3.63) is 60.2 Å². The van der Waals surface area contributed by atoms with Crippen molar-refractivity contribution in [2.24, 2.45) is 5.92 Å². The first kappa shape index (κ1) is 20.9. The molecular formula is C22H25N3O3S. The smallest absolute Gasteiger partial charge is 0.277 e. The van der Waals surface area contributed by atoms with Crippen LogP contribution in [-0.4, -0.2) is 29.0 Å². The van der Waals surface area contributed by atoms with E-state index in [1.807, 2.05) is 54.6 Å². The molecule has 1 amide bonds. The number of hydrogen-bond donors (Lipinski definition) is 1. The number of carbonyl (C=O) groups excluding carboxylic acids is 1. The van der Waals surface area contributed by atoms with Gasteiger partial charge in [-0.1, -0.05) is 55.9 Å². The molecule has 7 heteroatoms. The summed E-state index contributed by atoms with van der Waals surface area (Å²) in [6.45, 7) is 4.30. The molecule has 6 nitrogen and oxygen atoms in total. The number of ether oxygens (including phenoxy) is 1. The van der Waals surface area contributed by atoms with E-state index in [1.165, 1.54) is 11.8 Å². The Hall–Kier alpha value is -2.80. The number of aromatic nitrogens is 2. The lowest BCUT2D eigenvalue weighted by Crippen LogP contribution is -2.30. The van der Waals surface area contributed by atoms with E-state index in [1.54, 1.807) is 7.11 Å². The second-order valence-corrected chi connectivity index (χ2v) is 7.98. The Morgan fingerprint density at radius 3 is 2.48 bits per heavy atom. The van der Waals surface area contributed by atoms with Crippen molar-refractivity contribution in [1.82, 2.24) is 15.5 Å². The molecule has 1 atom stereocenters. The zero-order valence-corrected chi connectivity index (χ0v) is 17.6. The molecule has 3 aromatic rings. The highest BCUT2D eigenvalue weighted by Gasteiger charge is 2.17. The highest BCUT2D eigenvalue weighted by atomic mass is 32.2. The second-order valence-electron chi connectivity index (χ2n) is 7.05. The van der Waals surface area contributed by atoms with Gasteiger partial charge in [0.2, 0.25) is 11.8 Å². The number of nitrogens with zero attached hydrogens (tertiary/aromatic N) is 2. The number of benzene rings is 2. The fraction of sp³-hybridized carbons (Fsp3) is 0.318. The molecule has 1 unspecified atom stereocenters. The van der Waals surface area contributed by atoms with Crippen LogP contribution in [0, 0.1) is 5.92 Å². The van der Waals surface area contributed by atoms with Gasteiger partial charge in [-0.05, 0) is 42.2 Å². The van der Waals surface area contributed by atoms with Gasteiger partial charge >= 0.3 is 0 Å². The topological polar surface area (TPSA) is 77.2 Å². The summed E-state index contributed by atoms with van der Waals surface area (Å²) in [6, 6.07) is 17.4. The average Bonchev–Trinajstić information content (AvgIpc) is 3.21. The van der Waals surface area contributed by atoms with E-state index in [0.717, 1.165) is 23.3 Å². The van der Waals surface area contributed by atoms with Gasteiger partial charge in [0.1, 0.15) is 5.75 Å². The van der Waals surface area contributed by atoms with Gasteiger partial charge in [0, 0.05) is 5.56 Å². The molecule has 1 aromatic heterocycles. The fourth-order valence-corrected chi connectivity index (χ4v) is 3.49. The quantitative estimate of drug-likeness (QED) is 0.513. The Morgan fingerprint density at radius 2 is 1.83 bits per heavy atom. The molecule has 2 aromatic carbocycles. The Morgan fingerprint density at radius 1 is 1.10 bits per heavy atom. The molecule has 152 valence electrons. The van der Waals surface area contributed by atoms with Crippen LogP contribution in [0.2, 0.25) is 0 Å². The standard InChI is InChI=1S/C22H25N3O3S/c1-15(2)13-19(16-7-5-4-6-8-16)23-20(26)14-29-22-25-24-21(28-22)17-9-11-18(27-3)12-10-17/h4-12,15,19H,13-14H2,1-3H3,(H,23,26). The van der Waals surface area contributed by atoms with Gasteiger partial charge in [-0.3, -0.25) is 4.79 Å².